The van der Waals surface area contributed by atoms with Crippen molar-refractivity contribution in [3.63, 3.8) is 0 Å². The van der Waals surface area contributed by atoms with Gasteiger partial charge < -0.3 is 24.3 Å². The van der Waals surface area contributed by atoms with Crippen LogP contribution in [0.3, 0.4) is 0 Å². The first kappa shape index (κ1) is 32.1. The Kier molecular flexibility index (Phi) is 12.8. The highest BCUT2D eigenvalue weighted by molar-refractivity contribution is 5.81. The SMILES string of the molecule is CCCC(=O)OCCN[C@@H](Cc1ccc(OC(=O)C(C)(C)CC)c(OC(=O)C(C)(C)CC)c1)C(=O)OC. The Hall–Kier alpha value is -2.94. The van der Waals surface area contributed by atoms with Crippen LogP contribution in [-0.4, -0.2) is 50.2 Å². The summed E-state index contributed by atoms with van der Waals surface area (Å²) in [6.45, 7) is 13.1. The van der Waals surface area contributed by atoms with E-state index in [0.29, 0.717) is 31.2 Å². The second-order valence-corrected chi connectivity index (χ2v) is 10.2. The van der Waals surface area contributed by atoms with Crippen LogP contribution in [-0.2, 0) is 35.1 Å². The molecule has 0 saturated heterocycles. The molecule has 37 heavy (non-hydrogen) atoms. The molecule has 1 aromatic rings. The van der Waals surface area contributed by atoms with Crippen LogP contribution in [0.5, 0.6) is 11.5 Å². The Bertz CT molecular complexity index is 938. The molecule has 1 N–H and O–H groups in total. The van der Waals surface area contributed by atoms with Crippen molar-refractivity contribution < 1.29 is 38.1 Å². The van der Waals surface area contributed by atoms with E-state index in [1.165, 1.54) is 7.11 Å². The summed E-state index contributed by atoms with van der Waals surface area (Å²) in [5, 5.41) is 3.04. The Balaban J connectivity index is 3.16. The molecule has 0 spiro atoms. The highest BCUT2D eigenvalue weighted by atomic mass is 16.6. The predicted octanol–water partition coefficient (Wildman–Crippen LogP) is 4.39. The first-order valence-corrected chi connectivity index (χ1v) is 12.9. The molecule has 0 fully saturated rings. The summed E-state index contributed by atoms with van der Waals surface area (Å²) in [5.74, 6) is -1.47. The lowest BCUT2D eigenvalue weighted by Crippen LogP contribution is -2.41. The molecule has 0 aliphatic heterocycles. The molecular weight excluding hydrogens is 478 g/mol. The maximum absolute atomic E-state index is 12.8. The average molecular weight is 522 g/mol. The quantitative estimate of drug-likeness (QED) is 0.204. The monoisotopic (exact) mass is 521 g/mol. The molecule has 0 unspecified atom stereocenters. The van der Waals surface area contributed by atoms with Crippen molar-refractivity contribution in [2.75, 3.05) is 20.3 Å². The fourth-order valence-corrected chi connectivity index (χ4v) is 2.90. The van der Waals surface area contributed by atoms with Gasteiger partial charge >= 0.3 is 23.9 Å². The van der Waals surface area contributed by atoms with Gasteiger partial charge in [0.25, 0.3) is 0 Å². The fraction of sp³-hybridized carbons (Fsp3) is 0.643. The van der Waals surface area contributed by atoms with Gasteiger partial charge in [0.1, 0.15) is 12.6 Å². The maximum Gasteiger partial charge on any atom is 0.323 e. The van der Waals surface area contributed by atoms with Crippen LogP contribution in [0.1, 0.15) is 79.7 Å². The molecule has 1 rings (SSSR count). The lowest BCUT2D eigenvalue weighted by atomic mass is 9.90. The molecule has 208 valence electrons. The van der Waals surface area contributed by atoms with Gasteiger partial charge in [-0.1, -0.05) is 26.8 Å². The van der Waals surface area contributed by atoms with E-state index < -0.39 is 34.8 Å². The van der Waals surface area contributed by atoms with Gasteiger partial charge in [0, 0.05) is 13.0 Å². The van der Waals surface area contributed by atoms with Crippen molar-refractivity contribution in [2.24, 2.45) is 10.8 Å². The van der Waals surface area contributed by atoms with E-state index in [1.54, 1.807) is 45.9 Å². The molecule has 1 aromatic carbocycles. The number of carbonyl (C=O) groups excluding carboxylic acids is 4. The van der Waals surface area contributed by atoms with Crippen LogP contribution in [0.25, 0.3) is 0 Å². The highest BCUT2D eigenvalue weighted by Crippen LogP contribution is 2.34. The summed E-state index contributed by atoms with van der Waals surface area (Å²) >= 11 is 0. The Morgan fingerprint density at radius 3 is 1.97 bits per heavy atom. The van der Waals surface area contributed by atoms with E-state index in [4.69, 9.17) is 18.9 Å². The zero-order valence-electron chi connectivity index (χ0n) is 23.5. The van der Waals surface area contributed by atoms with Gasteiger partial charge in [-0.3, -0.25) is 19.2 Å². The predicted molar refractivity (Wildman–Crippen MR) is 139 cm³/mol. The summed E-state index contributed by atoms with van der Waals surface area (Å²) in [4.78, 5) is 49.5. The van der Waals surface area contributed by atoms with E-state index in [0.717, 1.165) is 0 Å². The first-order chi connectivity index (χ1) is 17.3. The third-order valence-electron chi connectivity index (χ3n) is 6.42. The highest BCUT2D eigenvalue weighted by Gasteiger charge is 2.31. The average Bonchev–Trinajstić information content (AvgIpc) is 2.86. The zero-order valence-corrected chi connectivity index (χ0v) is 23.5. The Morgan fingerprint density at radius 2 is 1.46 bits per heavy atom. The minimum absolute atomic E-state index is 0.0985. The molecule has 0 radical (unpaired) electrons. The van der Waals surface area contributed by atoms with Gasteiger partial charge in [0.15, 0.2) is 11.5 Å². The van der Waals surface area contributed by atoms with Gasteiger partial charge in [-0.05, 0) is 71.1 Å². The number of methoxy groups -OCH3 is 1. The first-order valence-electron chi connectivity index (χ1n) is 12.9. The standard InChI is InChI=1S/C28H43NO8/c1-9-12-23(30)35-16-15-29-20(24(31)34-8)17-19-13-14-21(36-25(32)27(4,5)10-2)22(18-19)37-26(33)28(6,7)11-3/h13-14,18,20,29H,9-12,15-17H2,1-8H3/t20-/m0/s1. The Labute approximate surface area is 220 Å². The number of esters is 4. The minimum Gasteiger partial charge on any atom is -0.468 e. The molecule has 1 atom stereocenters. The van der Waals surface area contributed by atoms with Crippen LogP contribution in [0.2, 0.25) is 0 Å². The van der Waals surface area contributed by atoms with Crippen molar-refractivity contribution in [2.45, 2.75) is 86.6 Å². The van der Waals surface area contributed by atoms with Gasteiger partial charge in [0.2, 0.25) is 0 Å². The molecule has 0 aliphatic carbocycles. The summed E-state index contributed by atoms with van der Waals surface area (Å²) in [6, 6.07) is 4.10. The topological polar surface area (TPSA) is 117 Å². The van der Waals surface area contributed by atoms with Crippen LogP contribution in [0.4, 0.5) is 0 Å². The largest absolute Gasteiger partial charge is 0.468 e. The van der Waals surface area contributed by atoms with E-state index in [9.17, 15) is 19.2 Å². The number of ether oxygens (including phenoxy) is 4. The lowest BCUT2D eigenvalue weighted by Gasteiger charge is -2.24. The number of benzene rings is 1. The fourth-order valence-electron chi connectivity index (χ4n) is 2.90. The molecule has 0 saturated carbocycles. The maximum atomic E-state index is 12.8. The lowest BCUT2D eigenvalue weighted by molar-refractivity contribution is -0.147. The molecule has 0 amide bonds. The van der Waals surface area contributed by atoms with Gasteiger partial charge in [-0.15, -0.1) is 0 Å². The molecule has 9 heteroatoms. The third-order valence-corrected chi connectivity index (χ3v) is 6.42. The molecule has 0 aliphatic rings. The Morgan fingerprint density at radius 1 is 0.892 bits per heavy atom. The van der Waals surface area contributed by atoms with Gasteiger partial charge in [-0.2, -0.15) is 0 Å². The minimum atomic E-state index is -0.745. The number of rotatable bonds is 15. The summed E-state index contributed by atoms with van der Waals surface area (Å²) in [5.41, 5.74) is -0.813. The third kappa shape index (κ3) is 10.1. The van der Waals surface area contributed by atoms with Crippen molar-refractivity contribution in [1.29, 1.82) is 0 Å². The van der Waals surface area contributed by atoms with Crippen molar-refractivity contribution in [3.05, 3.63) is 23.8 Å². The van der Waals surface area contributed by atoms with E-state index >= 15 is 0 Å². The second kappa shape index (κ2) is 14.7. The van der Waals surface area contributed by atoms with Crippen molar-refractivity contribution in [1.82, 2.24) is 5.32 Å². The van der Waals surface area contributed by atoms with Gasteiger partial charge in [0.05, 0.1) is 17.9 Å². The van der Waals surface area contributed by atoms with Gasteiger partial charge in [-0.25, -0.2) is 0 Å². The van der Waals surface area contributed by atoms with Crippen LogP contribution in [0, 0.1) is 10.8 Å². The molecular formula is C28H43NO8. The summed E-state index contributed by atoms with van der Waals surface area (Å²) in [6.07, 6.45) is 2.36. The summed E-state index contributed by atoms with van der Waals surface area (Å²) < 4.78 is 21.4. The van der Waals surface area contributed by atoms with Crippen LogP contribution in [0.15, 0.2) is 18.2 Å². The molecule has 0 heterocycles. The number of carbonyl (C=O) groups is 4. The molecule has 0 bridgehead atoms. The van der Waals surface area contributed by atoms with E-state index in [1.807, 2.05) is 20.8 Å². The number of hydrogen-bond acceptors (Lipinski definition) is 9. The molecule has 0 aromatic heterocycles. The zero-order chi connectivity index (χ0) is 28.2. The van der Waals surface area contributed by atoms with Crippen LogP contribution >= 0.6 is 0 Å². The van der Waals surface area contributed by atoms with Crippen molar-refractivity contribution >= 4 is 23.9 Å². The van der Waals surface area contributed by atoms with Crippen molar-refractivity contribution in [3.8, 4) is 11.5 Å². The molecule has 9 nitrogen and oxygen atoms in total. The van der Waals surface area contributed by atoms with Crippen LogP contribution < -0.4 is 14.8 Å². The number of hydrogen-bond donors (Lipinski definition) is 1. The normalized spacial score (nSPS) is 12.4. The smallest absolute Gasteiger partial charge is 0.323 e. The number of nitrogens with one attached hydrogen (secondary N) is 1. The second-order valence-electron chi connectivity index (χ2n) is 10.2. The van der Waals surface area contributed by atoms with E-state index in [-0.39, 0.29) is 37.0 Å². The summed E-state index contributed by atoms with van der Waals surface area (Å²) in [7, 11) is 1.29. The van der Waals surface area contributed by atoms with E-state index in [2.05, 4.69) is 5.32 Å².